The van der Waals surface area contributed by atoms with E-state index in [-0.39, 0.29) is 12.0 Å². The molecule has 0 fully saturated rings. The van der Waals surface area contributed by atoms with E-state index in [4.69, 9.17) is 4.42 Å². The van der Waals surface area contributed by atoms with E-state index in [1.54, 1.807) is 6.92 Å². The van der Waals surface area contributed by atoms with Gasteiger partial charge in [-0.2, -0.15) is 0 Å². The number of aliphatic hydroxyl groups excluding tert-OH is 1. The second-order valence-electron chi connectivity index (χ2n) is 4.38. The Hall–Kier alpha value is -1.65. The van der Waals surface area contributed by atoms with Crippen molar-refractivity contribution in [1.82, 2.24) is 0 Å². The van der Waals surface area contributed by atoms with Gasteiger partial charge in [-0.1, -0.05) is 11.6 Å². The van der Waals surface area contributed by atoms with Crippen molar-refractivity contribution >= 4 is 31.7 Å². The largest absolute Gasteiger partial charge is 0.456 e. The summed E-state index contributed by atoms with van der Waals surface area (Å²) in [7, 11) is 0. The van der Waals surface area contributed by atoms with E-state index in [0.29, 0.717) is 16.7 Å². The first-order valence-electron chi connectivity index (χ1n) is 5.68. The number of rotatable bonds is 1. The van der Waals surface area contributed by atoms with E-state index in [0.717, 1.165) is 20.5 Å². The number of hydrogen-bond acceptors (Lipinski definition) is 4. The van der Waals surface area contributed by atoms with Crippen LogP contribution in [0.1, 0.15) is 16.9 Å². The Labute approximate surface area is 107 Å². The van der Waals surface area contributed by atoms with Gasteiger partial charge in [0.25, 0.3) is 0 Å². The molecule has 92 valence electrons. The lowest BCUT2D eigenvalue weighted by molar-refractivity contribution is 0.280. The zero-order valence-corrected chi connectivity index (χ0v) is 10.9. The molecule has 0 saturated carbocycles. The summed E-state index contributed by atoms with van der Waals surface area (Å²) in [5, 5.41) is 10.0. The summed E-state index contributed by atoms with van der Waals surface area (Å²) in [5.74, 6) is 0.618. The van der Waals surface area contributed by atoms with Gasteiger partial charge in [-0.05, 0) is 26.0 Å². The van der Waals surface area contributed by atoms with Crippen molar-refractivity contribution in [1.29, 1.82) is 0 Å². The van der Waals surface area contributed by atoms with Crippen LogP contribution in [0.15, 0.2) is 27.4 Å². The molecule has 0 unspecified atom stereocenters. The lowest BCUT2D eigenvalue weighted by atomic mass is 10.1. The lowest BCUT2D eigenvalue weighted by Crippen LogP contribution is -1.99. The molecule has 0 amide bonds. The van der Waals surface area contributed by atoms with Crippen LogP contribution < -0.4 is 5.43 Å². The monoisotopic (exact) mass is 260 g/mol. The number of furan rings is 1. The minimum absolute atomic E-state index is 0.0924. The second-order valence-corrected chi connectivity index (χ2v) is 5.44. The number of aliphatic hydroxyl groups is 1. The van der Waals surface area contributed by atoms with Crippen LogP contribution in [-0.2, 0) is 6.61 Å². The zero-order chi connectivity index (χ0) is 12.9. The van der Waals surface area contributed by atoms with Gasteiger partial charge >= 0.3 is 0 Å². The van der Waals surface area contributed by atoms with Gasteiger partial charge in [-0.25, -0.2) is 0 Å². The third-order valence-corrected chi connectivity index (χ3v) is 4.33. The van der Waals surface area contributed by atoms with E-state index in [9.17, 15) is 9.90 Å². The molecule has 18 heavy (non-hydrogen) atoms. The Morgan fingerprint density at radius 1 is 1.33 bits per heavy atom. The number of fused-ring (bicyclic) bond motifs is 2. The van der Waals surface area contributed by atoms with E-state index >= 15 is 0 Å². The Morgan fingerprint density at radius 2 is 2.11 bits per heavy atom. The van der Waals surface area contributed by atoms with E-state index in [1.807, 2.05) is 25.1 Å². The molecular weight excluding hydrogens is 248 g/mol. The molecule has 1 N–H and O–H groups in total. The van der Waals surface area contributed by atoms with Crippen molar-refractivity contribution in [3.8, 4) is 0 Å². The highest BCUT2D eigenvalue weighted by molar-refractivity contribution is 7.24. The standard InChI is InChI=1S/C14H12O3S/c1-7-3-4-11-9(5-7)12(16)13-14(18-11)10(6-15)8(2)17-13/h3-5,15H,6H2,1-2H3. The van der Waals surface area contributed by atoms with E-state index in [1.165, 1.54) is 11.3 Å². The summed E-state index contributed by atoms with van der Waals surface area (Å²) in [6, 6.07) is 5.80. The predicted molar refractivity (Wildman–Crippen MR) is 73.3 cm³/mol. The first kappa shape index (κ1) is 11.4. The highest BCUT2D eigenvalue weighted by Crippen LogP contribution is 2.31. The molecule has 0 saturated heterocycles. The van der Waals surface area contributed by atoms with Gasteiger partial charge < -0.3 is 9.52 Å². The summed E-state index contributed by atoms with van der Waals surface area (Å²) in [4.78, 5) is 12.4. The molecule has 0 aliphatic carbocycles. The average molecular weight is 260 g/mol. The van der Waals surface area contributed by atoms with Crippen molar-refractivity contribution in [2.24, 2.45) is 0 Å². The smallest absolute Gasteiger partial charge is 0.231 e. The third kappa shape index (κ3) is 1.50. The topological polar surface area (TPSA) is 50.4 Å². The van der Waals surface area contributed by atoms with Crippen molar-refractivity contribution in [3.05, 3.63) is 45.3 Å². The normalized spacial score (nSPS) is 11.5. The molecule has 0 aliphatic rings. The molecule has 2 heterocycles. The number of aryl methyl sites for hydroxylation is 2. The van der Waals surface area contributed by atoms with E-state index in [2.05, 4.69) is 0 Å². The first-order chi connectivity index (χ1) is 8.61. The highest BCUT2D eigenvalue weighted by Gasteiger charge is 2.16. The van der Waals surface area contributed by atoms with Crippen LogP contribution in [0.3, 0.4) is 0 Å². The van der Waals surface area contributed by atoms with Gasteiger partial charge in [-0.3, -0.25) is 4.79 Å². The van der Waals surface area contributed by atoms with Crippen LogP contribution in [0.2, 0.25) is 0 Å². The van der Waals surface area contributed by atoms with E-state index < -0.39 is 0 Å². The molecular formula is C14H12O3S. The SMILES string of the molecule is Cc1ccc2sc3c(CO)c(C)oc3c(=O)c2c1. The maximum absolute atomic E-state index is 12.4. The van der Waals surface area contributed by atoms with Crippen LogP contribution in [-0.4, -0.2) is 5.11 Å². The molecule has 4 heteroatoms. The third-order valence-electron chi connectivity index (χ3n) is 3.12. The van der Waals surface area contributed by atoms with Crippen LogP contribution in [0.5, 0.6) is 0 Å². The van der Waals surface area contributed by atoms with Crippen molar-refractivity contribution < 1.29 is 9.52 Å². The summed E-state index contributed by atoms with van der Waals surface area (Å²) < 4.78 is 7.19. The Bertz CT molecular complexity index is 811. The van der Waals surface area contributed by atoms with Crippen LogP contribution in [0, 0.1) is 13.8 Å². The van der Waals surface area contributed by atoms with Gasteiger partial charge in [0.1, 0.15) is 5.76 Å². The number of hydrogen-bond donors (Lipinski definition) is 1. The minimum atomic E-state index is -0.105. The lowest BCUT2D eigenvalue weighted by Gasteiger charge is -1.98. The van der Waals surface area contributed by atoms with Gasteiger partial charge in [0, 0.05) is 15.6 Å². The van der Waals surface area contributed by atoms with Gasteiger partial charge in [-0.15, -0.1) is 11.3 Å². The van der Waals surface area contributed by atoms with Crippen LogP contribution in [0.4, 0.5) is 0 Å². The summed E-state index contributed by atoms with van der Waals surface area (Å²) >= 11 is 1.49. The molecule has 0 spiro atoms. The molecule has 0 aliphatic heterocycles. The van der Waals surface area contributed by atoms with Crippen LogP contribution in [0.25, 0.3) is 20.4 Å². The highest BCUT2D eigenvalue weighted by atomic mass is 32.1. The summed E-state index contributed by atoms with van der Waals surface area (Å²) in [5.41, 5.74) is 2.04. The van der Waals surface area contributed by atoms with Crippen molar-refractivity contribution in [3.63, 3.8) is 0 Å². The molecule has 0 radical (unpaired) electrons. The molecule has 0 atom stereocenters. The Kier molecular flexibility index (Phi) is 2.50. The average Bonchev–Trinajstić information content (AvgIpc) is 2.67. The van der Waals surface area contributed by atoms with Crippen LogP contribution >= 0.6 is 11.3 Å². The number of benzene rings is 1. The summed E-state index contributed by atoms with van der Waals surface area (Å²) in [6.45, 7) is 3.63. The molecule has 3 rings (SSSR count). The van der Waals surface area contributed by atoms with Crippen molar-refractivity contribution in [2.45, 2.75) is 20.5 Å². The fourth-order valence-electron chi connectivity index (χ4n) is 2.14. The zero-order valence-electron chi connectivity index (χ0n) is 10.1. The predicted octanol–water partition coefficient (Wildman–Crippen LogP) is 3.12. The van der Waals surface area contributed by atoms with Crippen molar-refractivity contribution in [2.75, 3.05) is 0 Å². The first-order valence-corrected chi connectivity index (χ1v) is 6.49. The molecule has 1 aromatic carbocycles. The second kappa shape index (κ2) is 3.93. The molecule has 2 aromatic heterocycles. The Morgan fingerprint density at radius 3 is 2.83 bits per heavy atom. The van der Waals surface area contributed by atoms with Gasteiger partial charge in [0.15, 0.2) is 5.58 Å². The van der Waals surface area contributed by atoms with Gasteiger partial charge in [0.05, 0.1) is 11.3 Å². The Balaban J connectivity index is 2.56. The molecule has 3 aromatic rings. The fraction of sp³-hybridized carbons (Fsp3) is 0.214. The summed E-state index contributed by atoms with van der Waals surface area (Å²) in [6.07, 6.45) is 0. The van der Waals surface area contributed by atoms with Gasteiger partial charge in [0.2, 0.25) is 5.43 Å². The minimum Gasteiger partial charge on any atom is -0.456 e. The maximum Gasteiger partial charge on any atom is 0.231 e. The fourth-order valence-corrected chi connectivity index (χ4v) is 3.32. The molecule has 0 bridgehead atoms. The maximum atomic E-state index is 12.4. The quantitative estimate of drug-likeness (QED) is 0.731. The molecule has 3 nitrogen and oxygen atoms in total.